The van der Waals surface area contributed by atoms with Gasteiger partial charge in [0.2, 0.25) is 11.8 Å². The zero-order valence-corrected chi connectivity index (χ0v) is 11.4. The maximum Gasteiger partial charge on any atom is 0.243 e. The molecule has 0 bridgehead atoms. The van der Waals surface area contributed by atoms with Crippen LogP contribution in [0.3, 0.4) is 0 Å². The van der Waals surface area contributed by atoms with Gasteiger partial charge in [-0.3, -0.25) is 14.8 Å². The summed E-state index contributed by atoms with van der Waals surface area (Å²) in [5, 5.41) is 8.56. The molecule has 2 rings (SSSR count). The smallest absolute Gasteiger partial charge is 0.243 e. The highest BCUT2D eigenvalue weighted by Gasteiger charge is 2.25. The van der Waals surface area contributed by atoms with E-state index in [0.29, 0.717) is 13.0 Å². The largest absolute Gasteiger partial charge is 0.342 e. The quantitative estimate of drug-likeness (QED) is 0.644. The fourth-order valence-electron chi connectivity index (χ4n) is 2.65. The number of likely N-dealkylation sites (tertiary alicyclic amines) is 1. The number of carbonyl (C=O) groups excluding carboxylic acids is 2. The van der Waals surface area contributed by atoms with Crippen LogP contribution in [0.5, 0.6) is 0 Å². The molecule has 1 saturated heterocycles. The summed E-state index contributed by atoms with van der Waals surface area (Å²) in [4.78, 5) is 25.3. The highest BCUT2D eigenvalue weighted by molar-refractivity contribution is 5.79. The second-order valence-electron chi connectivity index (χ2n) is 5.25. The summed E-state index contributed by atoms with van der Waals surface area (Å²) < 4.78 is 0. The number of hydrogen-bond acceptors (Lipinski definition) is 3. The van der Waals surface area contributed by atoms with Crippen molar-refractivity contribution in [2.24, 2.45) is 5.92 Å². The summed E-state index contributed by atoms with van der Waals surface area (Å²) in [7, 11) is 0. The maximum absolute atomic E-state index is 12.2. The van der Waals surface area contributed by atoms with Crippen molar-refractivity contribution in [1.82, 2.24) is 10.4 Å². The summed E-state index contributed by atoms with van der Waals surface area (Å²) in [6.45, 7) is 1.35. The van der Waals surface area contributed by atoms with Gasteiger partial charge in [0.25, 0.3) is 0 Å². The molecule has 2 N–H and O–H groups in total. The second kappa shape index (κ2) is 7.05. The summed E-state index contributed by atoms with van der Waals surface area (Å²) in [5.74, 6) is -0.145. The highest BCUT2D eigenvalue weighted by atomic mass is 16.5. The van der Waals surface area contributed by atoms with Gasteiger partial charge in [0.15, 0.2) is 0 Å². The Bertz CT molecular complexity index is 461. The van der Waals surface area contributed by atoms with Crippen LogP contribution >= 0.6 is 0 Å². The SMILES string of the molecule is O=C(CC1CCCN(C(=O)Cc2ccccc2)C1)NO. The van der Waals surface area contributed by atoms with Crippen molar-refractivity contribution in [1.29, 1.82) is 0 Å². The number of rotatable bonds is 4. The van der Waals surface area contributed by atoms with E-state index in [0.717, 1.165) is 24.9 Å². The molecule has 0 aromatic heterocycles. The van der Waals surface area contributed by atoms with E-state index >= 15 is 0 Å². The van der Waals surface area contributed by atoms with E-state index in [-0.39, 0.29) is 24.2 Å². The molecule has 1 atom stereocenters. The fraction of sp³-hybridized carbons (Fsp3) is 0.467. The minimum atomic E-state index is -0.382. The molecule has 1 unspecified atom stereocenters. The predicted molar refractivity (Wildman–Crippen MR) is 74.0 cm³/mol. The molecular weight excluding hydrogens is 256 g/mol. The van der Waals surface area contributed by atoms with Crippen molar-refractivity contribution in [3.05, 3.63) is 35.9 Å². The Hall–Kier alpha value is -1.88. The standard InChI is InChI=1S/C15H20N2O3/c18-14(16-20)9-13-7-4-8-17(11-13)15(19)10-12-5-2-1-3-6-12/h1-3,5-6,13,20H,4,7-11H2,(H,16,18). The second-order valence-corrected chi connectivity index (χ2v) is 5.25. The van der Waals surface area contributed by atoms with E-state index in [1.165, 1.54) is 0 Å². The Morgan fingerprint density at radius 3 is 2.75 bits per heavy atom. The highest BCUT2D eigenvalue weighted by Crippen LogP contribution is 2.20. The van der Waals surface area contributed by atoms with E-state index in [4.69, 9.17) is 5.21 Å². The number of hydrogen-bond donors (Lipinski definition) is 2. The van der Waals surface area contributed by atoms with E-state index < -0.39 is 0 Å². The molecule has 1 aromatic carbocycles. The normalized spacial score (nSPS) is 18.6. The lowest BCUT2D eigenvalue weighted by atomic mass is 9.94. The van der Waals surface area contributed by atoms with Crippen molar-refractivity contribution >= 4 is 11.8 Å². The molecule has 1 aromatic rings. The summed E-state index contributed by atoms with van der Waals surface area (Å²) in [6, 6.07) is 9.66. The van der Waals surface area contributed by atoms with Crippen molar-refractivity contribution in [2.45, 2.75) is 25.7 Å². The summed E-state index contributed by atoms with van der Waals surface area (Å²) >= 11 is 0. The fourth-order valence-corrected chi connectivity index (χ4v) is 2.65. The number of hydroxylamine groups is 1. The molecule has 20 heavy (non-hydrogen) atoms. The number of nitrogens with zero attached hydrogens (tertiary/aromatic N) is 1. The van der Waals surface area contributed by atoms with E-state index in [9.17, 15) is 9.59 Å². The van der Waals surface area contributed by atoms with Gasteiger partial charge in [0, 0.05) is 19.5 Å². The van der Waals surface area contributed by atoms with Gasteiger partial charge in [-0.05, 0) is 24.3 Å². The lowest BCUT2D eigenvalue weighted by Gasteiger charge is -2.32. The van der Waals surface area contributed by atoms with Crippen molar-refractivity contribution in [3.8, 4) is 0 Å². The van der Waals surface area contributed by atoms with E-state index in [2.05, 4.69) is 0 Å². The molecule has 0 saturated carbocycles. The van der Waals surface area contributed by atoms with E-state index in [1.807, 2.05) is 35.2 Å². The minimum Gasteiger partial charge on any atom is -0.342 e. The Morgan fingerprint density at radius 2 is 2.05 bits per heavy atom. The molecule has 0 aliphatic carbocycles. The first-order valence-electron chi connectivity index (χ1n) is 6.93. The van der Waals surface area contributed by atoms with Gasteiger partial charge in [-0.1, -0.05) is 30.3 Å². The zero-order valence-electron chi connectivity index (χ0n) is 11.4. The Morgan fingerprint density at radius 1 is 1.30 bits per heavy atom. The number of benzene rings is 1. The number of carbonyl (C=O) groups is 2. The molecule has 1 aliphatic heterocycles. The molecule has 1 aliphatic rings. The predicted octanol–water partition coefficient (Wildman–Crippen LogP) is 1.36. The Kier molecular flexibility index (Phi) is 5.12. The third kappa shape index (κ3) is 4.06. The molecule has 0 spiro atoms. The summed E-state index contributed by atoms with van der Waals surface area (Å²) in [6.07, 6.45) is 2.50. The molecule has 5 nitrogen and oxygen atoms in total. The number of piperidine rings is 1. The summed E-state index contributed by atoms with van der Waals surface area (Å²) in [5.41, 5.74) is 2.66. The van der Waals surface area contributed by atoms with Gasteiger partial charge in [-0.15, -0.1) is 0 Å². The van der Waals surface area contributed by atoms with Gasteiger partial charge in [0.1, 0.15) is 0 Å². The molecule has 5 heteroatoms. The monoisotopic (exact) mass is 276 g/mol. The first-order valence-corrected chi connectivity index (χ1v) is 6.93. The Balaban J connectivity index is 1.88. The maximum atomic E-state index is 12.2. The van der Waals surface area contributed by atoms with Crippen LogP contribution in [0.25, 0.3) is 0 Å². The van der Waals surface area contributed by atoms with Gasteiger partial charge in [-0.2, -0.15) is 0 Å². The average Bonchev–Trinajstić information content (AvgIpc) is 2.48. The van der Waals surface area contributed by atoms with Crippen LogP contribution in [-0.4, -0.2) is 35.0 Å². The van der Waals surface area contributed by atoms with Crippen LogP contribution in [-0.2, 0) is 16.0 Å². The van der Waals surface area contributed by atoms with Gasteiger partial charge in [-0.25, -0.2) is 5.48 Å². The van der Waals surface area contributed by atoms with Crippen LogP contribution < -0.4 is 5.48 Å². The zero-order chi connectivity index (χ0) is 14.4. The van der Waals surface area contributed by atoms with Crippen LogP contribution in [0.2, 0.25) is 0 Å². The third-order valence-electron chi connectivity index (χ3n) is 3.67. The van der Waals surface area contributed by atoms with Crippen LogP contribution in [0, 0.1) is 5.92 Å². The van der Waals surface area contributed by atoms with Crippen molar-refractivity contribution in [2.75, 3.05) is 13.1 Å². The first kappa shape index (κ1) is 14.5. The molecule has 2 amide bonds. The van der Waals surface area contributed by atoms with Crippen molar-refractivity contribution in [3.63, 3.8) is 0 Å². The molecular formula is C15H20N2O3. The van der Waals surface area contributed by atoms with Gasteiger partial charge < -0.3 is 4.90 Å². The topological polar surface area (TPSA) is 69.6 Å². The Labute approximate surface area is 118 Å². The lowest BCUT2D eigenvalue weighted by molar-refractivity contribution is -0.135. The van der Waals surface area contributed by atoms with E-state index in [1.54, 1.807) is 5.48 Å². The number of nitrogens with one attached hydrogen (secondary N) is 1. The average molecular weight is 276 g/mol. The van der Waals surface area contributed by atoms with Gasteiger partial charge in [0.05, 0.1) is 6.42 Å². The van der Waals surface area contributed by atoms with Crippen LogP contribution in [0.4, 0.5) is 0 Å². The van der Waals surface area contributed by atoms with Crippen molar-refractivity contribution < 1.29 is 14.8 Å². The minimum absolute atomic E-state index is 0.102. The lowest BCUT2D eigenvalue weighted by Crippen LogP contribution is -2.41. The molecule has 1 fully saturated rings. The number of amides is 2. The third-order valence-corrected chi connectivity index (χ3v) is 3.67. The first-order chi connectivity index (χ1) is 9.69. The molecule has 0 radical (unpaired) electrons. The van der Waals surface area contributed by atoms with Crippen LogP contribution in [0.15, 0.2) is 30.3 Å². The molecule has 108 valence electrons. The molecule has 1 heterocycles. The van der Waals surface area contributed by atoms with Gasteiger partial charge >= 0.3 is 0 Å². The van der Waals surface area contributed by atoms with Crippen LogP contribution in [0.1, 0.15) is 24.8 Å².